The Labute approximate surface area is 173 Å². The van der Waals surface area contributed by atoms with E-state index >= 15 is 0 Å². The summed E-state index contributed by atoms with van der Waals surface area (Å²) in [6, 6.07) is 4.90. The topological polar surface area (TPSA) is 98.7 Å². The highest BCUT2D eigenvalue weighted by atomic mass is 35.5. The summed E-state index contributed by atoms with van der Waals surface area (Å²) in [5.74, 6) is -1.34. The van der Waals surface area contributed by atoms with E-state index in [-0.39, 0.29) is 23.5 Å². The van der Waals surface area contributed by atoms with Gasteiger partial charge in [-0.05, 0) is 24.6 Å². The molecule has 0 radical (unpaired) electrons. The van der Waals surface area contributed by atoms with Gasteiger partial charge in [-0.15, -0.1) is 23.1 Å². The summed E-state index contributed by atoms with van der Waals surface area (Å²) < 4.78 is 1.02. The molecular formula is C18H16ClN3O4S2. The number of thioether (sulfide) groups is 1. The molecule has 7 nitrogen and oxygen atoms in total. The molecular weight excluding hydrogens is 422 g/mol. The quantitative estimate of drug-likeness (QED) is 0.622. The van der Waals surface area contributed by atoms with Gasteiger partial charge in [-0.1, -0.05) is 17.7 Å². The van der Waals surface area contributed by atoms with Crippen molar-refractivity contribution in [1.82, 2.24) is 10.2 Å². The van der Waals surface area contributed by atoms with Crippen molar-refractivity contribution in [3.8, 4) is 0 Å². The largest absolute Gasteiger partial charge is 0.477 e. The van der Waals surface area contributed by atoms with Crippen LogP contribution in [0, 0.1) is 0 Å². The molecule has 3 heterocycles. The maximum absolute atomic E-state index is 12.4. The van der Waals surface area contributed by atoms with Gasteiger partial charge in [0.05, 0.1) is 17.3 Å². The third-order valence-corrected chi connectivity index (χ3v) is 7.35. The molecule has 0 spiro atoms. The second-order valence-corrected chi connectivity index (χ2v) is 8.93. The molecule has 0 bridgehead atoms. The molecule has 2 amide bonds. The van der Waals surface area contributed by atoms with Crippen LogP contribution in [0.25, 0.3) is 10.1 Å². The Hall–Kier alpha value is -2.23. The average molecular weight is 438 g/mol. The molecule has 2 atom stereocenters. The first kappa shape index (κ1) is 19.1. The van der Waals surface area contributed by atoms with Gasteiger partial charge < -0.3 is 15.7 Å². The molecule has 10 heteroatoms. The number of hydrogen-bond donors (Lipinski definition) is 3. The first-order valence-corrected chi connectivity index (χ1v) is 10.8. The number of carbonyl (C=O) groups is 3. The molecule has 0 saturated carbocycles. The lowest BCUT2D eigenvalue weighted by Crippen LogP contribution is -2.70. The van der Waals surface area contributed by atoms with E-state index in [0.29, 0.717) is 16.3 Å². The highest BCUT2D eigenvalue weighted by Crippen LogP contribution is 2.40. The van der Waals surface area contributed by atoms with Crippen LogP contribution >= 0.6 is 34.7 Å². The predicted octanol–water partition coefficient (Wildman–Crippen LogP) is 2.73. The number of benzene rings is 1. The summed E-state index contributed by atoms with van der Waals surface area (Å²) in [7, 11) is 0. The number of β-lactam (4-membered cyclic amide) rings is 1. The van der Waals surface area contributed by atoms with Gasteiger partial charge in [-0.2, -0.15) is 0 Å². The van der Waals surface area contributed by atoms with Crippen LogP contribution in [0.15, 0.2) is 34.8 Å². The van der Waals surface area contributed by atoms with Crippen molar-refractivity contribution in [3.05, 3.63) is 39.9 Å². The van der Waals surface area contributed by atoms with E-state index in [4.69, 9.17) is 11.6 Å². The average Bonchev–Trinajstić information content (AvgIpc) is 3.08. The number of nitrogens with one attached hydrogen (secondary N) is 2. The Morgan fingerprint density at radius 1 is 1.39 bits per heavy atom. The molecule has 1 fully saturated rings. The fourth-order valence-corrected chi connectivity index (χ4v) is 5.92. The number of fused-ring (bicyclic) bond motifs is 2. The third kappa shape index (κ3) is 3.13. The van der Waals surface area contributed by atoms with Crippen LogP contribution in [0.5, 0.6) is 0 Å². The number of thiophene rings is 1. The number of carboxylic acids is 1. The third-order valence-electron chi connectivity index (χ3n) is 4.67. The molecule has 0 aliphatic carbocycles. The number of aliphatic carboxylic acids is 1. The summed E-state index contributed by atoms with van der Waals surface area (Å²) in [6.07, 6.45) is 0. The van der Waals surface area contributed by atoms with Gasteiger partial charge in [0, 0.05) is 21.2 Å². The minimum Gasteiger partial charge on any atom is -0.477 e. The van der Waals surface area contributed by atoms with Crippen LogP contribution in [0.3, 0.4) is 0 Å². The number of halogens is 1. The molecule has 28 heavy (non-hydrogen) atoms. The number of nitrogens with zero attached hydrogens (tertiary/aromatic N) is 1. The molecule has 2 aromatic rings. The number of hydrogen-bond acceptors (Lipinski definition) is 6. The van der Waals surface area contributed by atoms with Crippen molar-refractivity contribution in [1.29, 1.82) is 0 Å². The van der Waals surface area contributed by atoms with Gasteiger partial charge in [-0.25, -0.2) is 4.79 Å². The molecule has 2 aliphatic heterocycles. The lowest BCUT2D eigenvalue weighted by atomic mass is 10.0. The summed E-state index contributed by atoms with van der Waals surface area (Å²) in [4.78, 5) is 37.4. The highest BCUT2D eigenvalue weighted by molar-refractivity contribution is 8.00. The summed E-state index contributed by atoms with van der Waals surface area (Å²) >= 11 is 9.22. The number of carboxylic acid groups (broad SMARTS) is 1. The van der Waals surface area contributed by atoms with Gasteiger partial charge in [0.25, 0.3) is 5.91 Å². The van der Waals surface area contributed by atoms with Gasteiger partial charge >= 0.3 is 5.97 Å². The van der Waals surface area contributed by atoms with Crippen molar-refractivity contribution < 1.29 is 19.5 Å². The van der Waals surface area contributed by atoms with E-state index in [1.165, 1.54) is 28.0 Å². The molecule has 3 N–H and O–H groups in total. The molecule has 1 aromatic heterocycles. The minimum atomic E-state index is -1.12. The molecule has 1 saturated heterocycles. The Morgan fingerprint density at radius 2 is 2.18 bits per heavy atom. The lowest BCUT2D eigenvalue weighted by molar-refractivity contribution is -0.150. The van der Waals surface area contributed by atoms with Crippen LogP contribution in [0.2, 0.25) is 5.02 Å². The van der Waals surface area contributed by atoms with Crippen LogP contribution < -0.4 is 10.6 Å². The van der Waals surface area contributed by atoms with Gasteiger partial charge in [0.15, 0.2) is 0 Å². The zero-order valence-electron chi connectivity index (χ0n) is 14.7. The Kier molecular flexibility index (Phi) is 4.98. The predicted molar refractivity (Wildman–Crippen MR) is 111 cm³/mol. The zero-order chi connectivity index (χ0) is 20.0. The Balaban J connectivity index is 1.40. The SMILES string of the molecule is CC1=C(C(=O)O)N2C(=O)C(NC(=O)CNc3csc4cccc(Cl)c34)[C@@H]2SC1. The molecule has 1 unspecified atom stereocenters. The maximum atomic E-state index is 12.4. The van der Waals surface area contributed by atoms with E-state index < -0.39 is 17.9 Å². The van der Waals surface area contributed by atoms with E-state index in [9.17, 15) is 19.5 Å². The van der Waals surface area contributed by atoms with Crippen molar-refractivity contribution in [2.45, 2.75) is 18.3 Å². The van der Waals surface area contributed by atoms with Crippen molar-refractivity contribution in [2.24, 2.45) is 0 Å². The van der Waals surface area contributed by atoms with E-state index in [2.05, 4.69) is 10.6 Å². The maximum Gasteiger partial charge on any atom is 0.352 e. The minimum absolute atomic E-state index is 0.0150. The van der Waals surface area contributed by atoms with Crippen LogP contribution in [0.1, 0.15) is 6.92 Å². The fourth-order valence-electron chi connectivity index (χ4n) is 3.35. The van der Waals surface area contributed by atoms with Gasteiger partial charge in [0.1, 0.15) is 17.1 Å². The molecule has 1 aromatic carbocycles. The number of amides is 2. The number of carbonyl (C=O) groups excluding carboxylic acids is 2. The Bertz CT molecular complexity index is 1040. The second kappa shape index (κ2) is 7.31. The van der Waals surface area contributed by atoms with Crippen LogP contribution in [0.4, 0.5) is 5.69 Å². The lowest BCUT2D eigenvalue weighted by Gasteiger charge is -2.49. The van der Waals surface area contributed by atoms with Crippen LogP contribution in [-0.4, -0.2) is 51.5 Å². The summed E-state index contributed by atoms with van der Waals surface area (Å²) in [6.45, 7) is 1.69. The van der Waals surface area contributed by atoms with E-state index in [0.717, 1.165) is 15.8 Å². The van der Waals surface area contributed by atoms with Crippen molar-refractivity contribution in [3.63, 3.8) is 0 Å². The molecule has 2 aliphatic rings. The Morgan fingerprint density at radius 3 is 2.93 bits per heavy atom. The monoisotopic (exact) mass is 437 g/mol. The standard InChI is InChI=1S/C18H16ClN3O4S2/c1-8-6-28-17-14(16(24)22(17)15(8)18(25)26)21-12(23)5-20-10-7-27-11-4-2-3-9(19)13(10)11/h2-4,7,14,17,20H,5-6H2,1H3,(H,21,23)(H,25,26)/t14?,17-/m0/s1. The van der Waals surface area contributed by atoms with Crippen molar-refractivity contribution >= 4 is 68.3 Å². The molecule has 146 valence electrons. The van der Waals surface area contributed by atoms with Gasteiger partial charge in [0.2, 0.25) is 5.91 Å². The smallest absolute Gasteiger partial charge is 0.352 e. The normalized spacial score (nSPS) is 21.4. The summed E-state index contributed by atoms with van der Waals surface area (Å²) in [5, 5.41) is 18.1. The van der Waals surface area contributed by atoms with Crippen molar-refractivity contribution in [2.75, 3.05) is 17.6 Å². The van der Waals surface area contributed by atoms with Crippen LogP contribution in [-0.2, 0) is 14.4 Å². The van der Waals surface area contributed by atoms with E-state index in [1.54, 1.807) is 13.0 Å². The number of rotatable bonds is 5. The zero-order valence-corrected chi connectivity index (χ0v) is 17.1. The van der Waals surface area contributed by atoms with Gasteiger partial charge in [-0.3, -0.25) is 14.5 Å². The number of anilines is 1. The highest BCUT2D eigenvalue weighted by Gasteiger charge is 2.53. The second-order valence-electron chi connectivity index (χ2n) is 6.50. The van der Waals surface area contributed by atoms with E-state index in [1.807, 2.05) is 17.5 Å². The summed E-state index contributed by atoms with van der Waals surface area (Å²) in [5.41, 5.74) is 1.44. The first-order chi connectivity index (χ1) is 13.4. The first-order valence-electron chi connectivity index (χ1n) is 8.45. The molecule has 4 rings (SSSR count). The fraction of sp³-hybridized carbons (Fsp3) is 0.278.